The molecule has 0 aliphatic heterocycles. The van der Waals surface area contributed by atoms with Crippen LogP contribution in [0.4, 0.5) is 0 Å². The van der Waals surface area contributed by atoms with Gasteiger partial charge in [-0.05, 0) is 25.1 Å². The van der Waals surface area contributed by atoms with Gasteiger partial charge in [0.1, 0.15) is 0 Å². The zero-order valence-electron chi connectivity index (χ0n) is 17.5. The van der Waals surface area contributed by atoms with Crippen molar-refractivity contribution in [1.82, 2.24) is 15.2 Å². The maximum Gasteiger partial charge on any atom is 0.336 e. The van der Waals surface area contributed by atoms with Gasteiger partial charge in [0.2, 0.25) is 5.75 Å². The molecule has 2 N–H and O–H groups in total. The minimum absolute atomic E-state index is 0.0954. The molecule has 8 nitrogen and oxygen atoms in total. The standard InChI is InChI=1S/C23H21N3O5/c1-12-5-7-13(8-6-12)20-19-15(23(27)28)11-16(24-22(19)26-25-20)14-9-17(29-2)21(31-4)18(10-14)30-3/h5-11H,1-4H3,(H,27,28)(H,24,25,26). The number of aromatic amines is 1. The maximum atomic E-state index is 12.1. The number of carboxylic acid groups (broad SMARTS) is 1. The molecule has 0 saturated carbocycles. The molecule has 0 spiro atoms. The van der Waals surface area contributed by atoms with Crippen molar-refractivity contribution in [2.45, 2.75) is 6.92 Å². The summed E-state index contributed by atoms with van der Waals surface area (Å²) in [6.07, 6.45) is 0. The number of hydrogen-bond donors (Lipinski definition) is 2. The normalized spacial score (nSPS) is 10.8. The number of benzene rings is 2. The number of aromatic nitrogens is 3. The molecule has 0 amide bonds. The van der Waals surface area contributed by atoms with E-state index in [0.29, 0.717) is 45.2 Å². The number of aryl methyl sites for hydroxylation is 1. The summed E-state index contributed by atoms with van der Waals surface area (Å²) in [5.74, 6) is 0.251. The number of fused-ring (bicyclic) bond motifs is 1. The molecule has 0 bridgehead atoms. The van der Waals surface area contributed by atoms with Gasteiger partial charge in [0.15, 0.2) is 17.1 Å². The van der Waals surface area contributed by atoms with Crippen LogP contribution in [-0.2, 0) is 0 Å². The van der Waals surface area contributed by atoms with E-state index in [9.17, 15) is 9.90 Å². The monoisotopic (exact) mass is 419 g/mol. The SMILES string of the molecule is COc1cc(-c2cc(C(=O)O)c3c(-c4ccc(C)cc4)[nH]nc3n2)cc(OC)c1OC. The summed E-state index contributed by atoms with van der Waals surface area (Å²) >= 11 is 0. The molecule has 4 aromatic rings. The van der Waals surface area contributed by atoms with E-state index in [1.54, 1.807) is 12.1 Å². The van der Waals surface area contributed by atoms with Gasteiger partial charge in [-0.2, -0.15) is 5.10 Å². The average Bonchev–Trinajstić information content (AvgIpc) is 3.21. The third-order valence-electron chi connectivity index (χ3n) is 5.06. The highest BCUT2D eigenvalue weighted by Crippen LogP contribution is 2.41. The summed E-state index contributed by atoms with van der Waals surface area (Å²) in [6.45, 7) is 1.99. The molecular weight excluding hydrogens is 398 g/mol. The Kier molecular flexibility index (Phi) is 5.21. The molecule has 0 saturated heterocycles. The van der Waals surface area contributed by atoms with Crippen molar-refractivity contribution in [3.63, 3.8) is 0 Å². The number of hydrogen-bond acceptors (Lipinski definition) is 6. The van der Waals surface area contributed by atoms with Gasteiger partial charge in [-0.15, -0.1) is 0 Å². The highest BCUT2D eigenvalue weighted by Gasteiger charge is 2.21. The van der Waals surface area contributed by atoms with Gasteiger partial charge in [-0.3, -0.25) is 5.10 Å². The summed E-state index contributed by atoms with van der Waals surface area (Å²) in [7, 11) is 4.55. The molecule has 2 aromatic heterocycles. The number of carbonyl (C=O) groups is 1. The zero-order valence-corrected chi connectivity index (χ0v) is 17.5. The number of nitrogens with one attached hydrogen (secondary N) is 1. The number of ether oxygens (including phenoxy) is 3. The van der Waals surface area contributed by atoms with Crippen LogP contribution in [0.1, 0.15) is 15.9 Å². The van der Waals surface area contributed by atoms with Crippen LogP contribution in [0.15, 0.2) is 42.5 Å². The fraction of sp³-hybridized carbons (Fsp3) is 0.174. The predicted octanol–water partition coefficient (Wildman–Crippen LogP) is 4.32. The molecule has 0 unspecified atom stereocenters. The lowest BCUT2D eigenvalue weighted by atomic mass is 10.0. The lowest BCUT2D eigenvalue weighted by Gasteiger charge is -2.14. The third kappa shape index (κ3) is 3.52. The molecule has 0 aliphatic carbocycles. The highest BCUT2D eigenvalue weighted by atomic mass is 16.5. The Hall–Kier alpha value is -4.07. The molecule has 0 atom stereocenters. The Bertz CT molecular complexity index is 1250. The smallest absolute Gasteiger partial charge is 0.336 e. The van der Waals surface area contributed by atoms with Gasteiger partial charge >= 0.3 is 5.97 Å². The van der Waals surface area contributed by atoms with Crippen molar-refractivity contribution < 1.29 is 24.1 Å². The van der Waals surface area contributed by atoms with Crippen molar-refractivity contribution in [2.24, 2.45) is 0 Å². The van der Waals surface area contributed by atoms with E-state index in [1.807, 2.05) is 31.2 Å². The molecule has 8 heteroatoms. The summed E-state index contributed by atoms with van der Waals surface area (Å²) in [5.41, 5.74) is 3.98. The summed E-state index contributed by atoms with van der Waals surface area (Å²) < 4.78 is 16.2. The fourth-order valence-electron chi connectivity index (χ4n) is 3.50. The molecule has 2 heterocycles. The number of carboxylic acids is 1. The number of methoxy groups -OCH3 is 3. The van der Waals surface area contributed by atoms with Crippen molar-refractivity contribution in [3.05, 3.63) is 53.6 Å². The first-order valence-electron chi connectivity index (χ1n) is 9.46. The van der Waals surface area contributed by atoms with E-state index < -0.39 is 5.97 Å². The first-order chi connectivity index (χ1) is 15.0. The number of rotatable bonds is 6. The molecule has 4 rings (SSSR count). The minimum Gasteiger partial charge on any atom is -0.493 e. The van der Waals surface area contributed by atoms with E-state index in [0.717, 1.165) is 11.1 Å². The van der Waals surface area contributed by atoms with Crippen molar-refractivity contribution in [2.75, 3.05) is 21.3 Å². The lowest BCUT2D eigenvalue weighted by Crippen LogP contribution is -2.01. The van der Waals surface area contributed by atoms with Crippen LogP contribution in [0.2, 0.25) is 0 Å². The molecular formula is C23H21N3O5. The van der Waals surface area contributed by atoms with Crippen molar-refractivity contribution in [1.29, 1.82) is 0 Å². The van der Waals surface area contributed by atoms with E-state index in [2.05, 4.69) is 15.2 Å². The largest absolute Gasteiger partial charge is 0.493 e. The zero-order chi connectivity index (χ0) is 22.1. The number of nitrogens with zero attached hydrogens (tertiary/aromatic N) is 2. The van der Waals surface area contributed by atoms with Crippen LogP contribution in [0.5, 0.6) is 17.2 Å². The average molecular weight is 419 g/mol. The first kappa shape index (κ1) is 20.2. The van der Waals surface area contributed by atoms with E-state index in [4.69, 9.17) is 14.2 Å². The molecule has 31 heavy (non-hydrogen) atoms. The van der Waals surface area contributed by atoms with Gasteiger partial charge in [0, 0.05) is 11.1 Å². The molecule has 0 aliphatic rings. The fourth-order valence-corrected chi connectivity index (χ4v) is 3.50. The van der Waals surface area contributed by atoms with Crippen LogP contribution in [0.3, 0.4) is 0 Å². The number of aromatic carboxylic acids is 1. The van der Waals surface area contributed by atoms with Crippen LogP contribution in [0, 0.1) is 6.92 Å². The highest BCUT2D eigenvalue weighted by molar-refractivity contribution is 6.08. The van der Waals surface area contributed by atoms with E-state index in [1.165, 1.54) is 27.4 Å². The van der Waals surface area contributed by atoms with Crippen LogP contribution < -0.4 is 14.2 Å². The first-order valence-corrected chi connectivity index (χ1v) is 9.46. The van der Waals surface area contributed by atoms with Crippen molar-refractivity contribution in [3.8, 4) is 39.8 Å². The van der Waals surface area contributed by atoms with E-state index in [-0.39, 0.29) is 5.56 Å². The Morgan fingerprint density at radius 3 is 2.13 bits per heavy atom. The topological polar surface area (TPSA) is 107 Å². The second-order valence-corrected chi connectivity index (χ2v) is 6.94. The van der Waals surface area contributed by atoms with Gasteiger partial charge < -0.3 is 19.3 Å². The van der Waals surface area contributed by atoms with Gasteiger partial charge in [-0.25, -0.2) is 9.78 Å². The van der Waals surface area contributed by atoms with Crippen LogP contribution in [-0.4, -0.2) is 47.6 Å². The Labute approximate surface area is 178 Å². The molecule has 2 aromatic carbocycles. The minimum atomic E-state index is -1.07. The predicted molar refractivity (Wildman–Crippen MR) is 116 cm³/mol. The Morgan fingerprint density at radius 2 is 1.58 bits per heavy atom. The second-order valence-electron chi connectivity index (χ2n) is 6.94. The van der Waals surface area contributed by atoms with Gasteiger partial charge in [0.05, 0.1) is 43.7 Å². The summed E-state index contributed by atoms with van der Waals surface area (Å²) in [6, 6.07) is 12.7. The Balaban J connectivity index is 1.94. The molecule has 0 fully saturated rings. The van der Waals surface area contributed by atoms with Crippen molar-refractivity contribution >= 4 is 17.0 Å². The molecule has 158 valence electrons. The summed E-state index contributed by atoms with van der Waals surface area (Å²) in [4.78, 5) is 16.7. The summed E-state index contributed by atoms with van der Waals surface area (Å²) in [5, 5.41) is 17.6. The van der Waals surface area contributed by atoms with Crippen LogP contribution in [0.25, 0.3) is 33.5 Å². The van der Waals surface area contributed by atoms with Gasteiger partial charge in [0.25, 0.3) is 0 Å². The maximum absolute atomic E-state index is 12.1. The third-order valence-corrected chi connectivity index (χ3v) is 5.06. The van der Waals surface area contributed by atoms with Crippen LogP contribution >= 0.6 is 0 Å². The lowest BCUT2D eigenvalue weighted by molar-refractivity contribution is 0.0699. The van der Waals surface area contributed by atoms with Gasteiger partial charge in [-0.1, -0.05) is 29.8 Å². The second kappa shape index (κ2) is 7.98. The quantitative estimate of drug-likeness (QED) is 0.479. The number of pyridine rings is 1. The van der Waals surface area contributed by atoms with E-state index >= 15 is 0 Å². The molecule has 0 radical (unpaired) electrons. The number of H-pyrrole nitrogens is 1. The Morgan fingerprint density at radius 1 is 0.935 bits per heavy atom.